The summed E-state index contributed by atoms with van der Waals surface area (Å²) in [6.45, 7) is 6.58. The molecule has 3 nitrogen and oxygen atoms in total. The standard InChI is InChI=1S/C19H26O3/c1-18(2)14-9-10-19(18,3)16(17(21)22)13(14)11-15(20)12-7-5-4-6-8-12/h4-8,13-16,20H,9-11H2,1-3H3,(H,21,22)/t13-,14-,15+,16+,19-/m1/s1. The van der Waals surface area contributed by atoms with E-state index in [9.17, 15) is 15.0 Å². The van der Waals surface area contributed by atoms with Crippen LogP contribution in [0.2, 0.25) is 0 Å². The second-order valence-corrected chi connectivity index (χ2v) is 7.93. The summed E-state index contributed by atoms with van der Waals surface area (Å²) in [5, 5.41) is 20.4. The van der Waals surface area contributed by atoms with E-state index in [0.29, 0.717) is 12.3 Å². The molecule has 2 N–H and O–H groups in total. The molecule has 5 atom stereocenters. The molecule has 0 saturated heterocycles. The summed E-state index contributed by atoms with van der Waals surface area (Å²) in [5.41, 5.74) is 0.749. The molecule has 2 aliphatic rings. The van der Waals surface area contributed by atoms with E-state index < -0.39 is 12.1 Å². The van der Waals surface area contributed by atoms with Gasteiger partial charge >= 0.3 is 5.97 Å². The molecule has 0 heterocycles. The number of fused-ring (bicyclic) bond motifs is 2. The van der Waals surface area contributed by atoms with Crippen LogP contribution in [0.3, 0.4) is 0 Å². The second kappa shape index (κ2) is 5.09. The topological polar surface area (TPSA) is 57.5 Å². The fourth-order valence-electron chi connectivity index (χ4n) is 5.40. The molecule has 22 heavy (non-hydrogen) atoms. The fourth-order valence-corrected chi connectivity index (χ4v) is 5.40. The zero-order valence-corrected chi connectivity index (χ0v) is 13.6. The van der Waals surface area contributed by atoms with Gasteiger partial charge in [0.2, 0.25) is 0 Å². The zero-order valence-electron chi connectivity index (χ0n) is 13.6. The van der Waals surface area contributed by atoms with Crippen molar-refractivity contribution in [3.05, 3.63) is 35.9 Å². The number of carboxylic acids is 1. The van der Waals surface area contributed by atoms with E-state index in [-0.39, 0.29) is 22.7 Å². The van der Waals surface area contributed by atoms with Crippen molar-refractivity contribution in [2.24, 2.45) is 28.6 Å². The molecule has 0 unspecified atom stereocenters. The number of hydrogen-bond donors (Lipinski definition) is 2. The largest absolute Gasteiger partial charge is 0.481 e. The molecule has 2 fully saturated rings. The second-order valence-electron chi connectivity index (χ2n) is 7.93. The lowest BCUT2D eigenvalue weighted by molar-refractivity contribution is -0.149. The van der Waals surface area contributed by atoms with Gasteiger partial charge < -0.3 is 10.2 Å². The Morgan fingerprint density at radius 1 is 1.27 bits per heavy atom. The number of benzene rings is 1. The van der Waals surface area contributed by atoms with Crippen molar-refractivity contribution in [2.45, 2.75) is 46.1 Å². The molecule has 1 aromatic rings. The zero-order chi connectivity index (χ0) is 16.1. The first-order chi connectivity index (χ1) is 10.3. The van der Waals surface area contributed by atoms with Crippen molar-refractivity contribution in [3.63, 3.8) is 0 Å². The third-order valence-electron chi connectivity index (χ3n) is 6.95. The minimum atomic E-state index is -0.692. The summed E-state index contributed by atoms with van der Waals surface area (Å²) >= 11 is 0. The van der Waals surface area contributed by atoms with Gasteiger partial charge in [0.15, 0.2) is 0 Å². The minimum absolute atomic E-state index is 0.0249. The van der Waals surface area contributed by atoms with Crippen LogP contribution in [0.1, 0.15) is 51.7 Å². The lowest BCUT2D eigenvalue weighted by Gasteiger charge is -2.38. The minimum Gasteiger partial charge on any atom is -0.481 e. The Balaban J connectivity index is 1.88. The summed E-state index contributed by atoms with van der Waals surface area (Å²) in [4.78, 5) is 11.9. The van der Waals surface area contributed by atoms with Crippen molar-refractivity contribution in [1.29, 1.82) is 0 Å². The van der Waals surface area contributed by atoms with E-state index in [1.54, 1.807) is 0 Å². The highest BCUT2D eigenvalue weighted by atomic mass is 16.4. The van der Waals surface area contributed by atoms with E-state index in [0.717, 1.165) is 18.4 Å². The van der Waals surface area contributed by atoms with Crippen LogP contribution in [0, 0.1) is 28.6 Å². The van der Waals surface area contributed by atoms with Crippen molar-refractivity contribution in [2.75, 3.05) is 0 Å². The Morgan fingerprint density at radius 2 is 1.91 bits per heavy atom. The molecule has 2 aliphatic carbocycles. The summed E-state index contributed by atoms with van der Waals surface area (Å²) in [6.07, 6.45) is 2.04. The number of rotatable bonds is 4. The molecule has 2 bridgehead atoms. The van der Waals surface area contributed by atoms with Crippen molar-refractivity contribution < 1.29 is 15.0 Å². The predicted octanol–water partition coefficient (Wildman–Crippen LogP) is 3.88. The van der Waals surface area contributed by atoms with Crippen LogP contribution in [0.4, 0.5) is 0 Å². The first kappa shape index (κ1) is 15.5. The molecule has 3 heteroatoms. The highest BCUT2D eigenvalue weighted by Gasteiger charge is 2.68. The average Bonchev–Trinajstić information content (AvgIpc) is 2.78. The number of aliphatic carboxylic acids is 1. The molecule has 0 amide bonds. The number of hydrogen-bond acceptors (Lipinski definition) is 2. The van der Waals surface area contributed by atoms with Crippen LogP contribution < -0.4 is 0 Å². The van der Waals surface area contributed by atoms with Gasteiger partial charge in [-0.05, 0) is 47.5 Å². The van der Waals surface area contributed by atoms with Crippen molar-refractivity contribution in [1.82, 2.24) is 0 Å². The molecule has 1 aromatic carbocycles. The maximum atomic E-state index is 11.9. The van der Waals surface area contributed by atoms with Crippen molar-refractivity contribution in [3.8, 4) is 0 Å². The lowest BCUT2D eigenvalue weighted by atomic mass is 9.65. The third-order valence-corrected chi connectivity index (χ3v) is 6.95. The van der Waals surface area contributed by atoms with Gasteiger partial charge in [0, 0.05) is 0 Å². The fraction of sp³-hybridized carbons (Fsp3) is 0.632. The Bertz CT molecular complexity index is 565. The Kier molecular flexibility index (Phi) is 3.59. The van der Waals surface area contributed by atoms with Gasteiger partial charge in [-0.3, -0.25) is 4.79 Å². The van der Waals surface area contributed by atoms with Crippen LogP contribution in [0.5, 0.6) is 0 Å². The van der Waals surface area contributed by atoms with Crippen LogP contribution in [-0.4, -0.2) is 16.2 Å². The molecule has 0 aromatic heterocycles. The Labute approximate surface area is 132 Å². The van der Waals surface area contributed by atoms with Gasteiger partial charge in [-0.2, -0.15) is 0 Å². The van der Waals surface area contributed by atoms with Crippen molar-refractivity contribution >= 4 is 5.97 Å². The summed E-state index contributed by atoms with van der Waals surface area (Å²) < 4.78 is 0. The van der Waals surface area contributed by atoms with E-state index >= 15 is 0 Å². The number of aliphatic hydroxyl groups is 1. The van der Waals surface area contributed by atoms with Gasteiger partial charge in [0.25, 0.3) is 0 Å². The van der Waals surface area contributed by atoms with Gasteiger partial charge in [-0.15, -0.1) is 0 Å². The highest BCUT2D eigenvalue weighted by molar-refractivity contribution is 5.73. The van der Waals surface area contributed by atoms with E-state index in [2.05, 4.69) is 20.8 Å². The first-order valence-corrected chi connectivity index (χ1v) is 8.25. The van der Waals surface area contributed by atoms with E-state index in [1.807, 2.05) is 30.3 Å². The molecule has 0 aliphatic heterocycles. The average molecular weight is 302 g/mol. The third kappa shape index (κ3) is 2.02. The van der Waals surface area contributed by atoms with Crippen LogP contribution >= 0.6 is 0 Å². The highest BCUT2D eigenvalue weighted by Crippen LogP contribution is 2.71. The molecule has 0 spiro atoms. The smallest absolute Gasteiger partial charge is 0.307 e. The van der Waals surface area contributed by atoms with Gasteiger partial charge in [-0.1, -0.05) is 51.1 Å². The SMILES string of the molecule is CC1(C)[C@@H]2CC[C@]1(C)[C@H](C(=O)O)[C@@H]2C[C@H](O)c1ccccc1. The molecule has 0 radical (unpaired) electrons. The first-order valence-electron chi connectivity index (χ1n) is 8.25. The predicted molar refractivity (Wildman–Crippen MR) is 85.2 cm³/mol. The van der Waals surface area contributed by atoms with Gasteiger partial charge in [0.05, 0.1) is 12.0 Å². The quantitative estimate of drug-likeness (QED) is 0.887. The summed E-state index contributed by atoms with van der Waals surface area (Å²) in [7, 11) is 0. The summed E-state index contributed by atoms with van der Waals surface area (Å²) in [6, 6.07) is 9.59. The molecule has 2 saturated carbocycles. The summed E-state index contributed by atoms with van der Waals surface area (Å²) in [5.74, 6) is -0.596. The molecular formula is C19H26O3. The van der Waals surface area contributed by atoms with Gasteiger partial charge in [0.1, 0.15) is 0 Å². The molecular weight excluding hydrogens is 276 g/mol. The lowest BCUT2D eigenvalue weighted by Crippen LogP contribution is -2.38. The molecule has 120 valence electrons. The monoisotopic (exact) mass is 302 g/mol. The maximum absolute atomic E-state index is 11.9. The van der Waals surface area contributed by atoms with Gasteiger partial charge in [-0.25, -0.2) is 0 Å². The van der Waals surface area contributed by atoms with Crippen LogP contribution in [-0.2, 0) is 4.79 Å². The Morgan fingerprint density at radius 3 is 2.50 bits per heavy atom. The Hall–Kier alpha value is -1.35. The van der Waals surface area contributed by atoms with E-state index in [4.69, 9.17) is 0 Å². The number of carbonyl (C=O) groups is 1. The van der Waals surface area contributed by atoms with Crippen LogP contribution in [0.25, 0.3) is 0 Å². The molecule has 3 rings (SSSR count). The normalized spacial score (nSPS) is 37.2. The maximum Gasteiger partial charge on any atom is 0.307 e. The van der Waals surface area contributed by atoms with Crippen LogP contribution in [0.15, 0.2) is 30.3 Å². The number of carboxylic acid groups (broad SMARTS) is 1. The van der Waals surface area contributed by atoms with E-state index in [1.165, 1.54) is 0 Å². The number of aliphatic hydroxyl groups excluding tert-OH is 1.